The average Bonchev–Trinajstić information content (AvgIpc) is 3.27. The first-order valence-corrected chi connectivity index (χ1v) is 8.35. The Bertz CT molecular complexity index is 806. The summed E-state index contributed by atoms with van der Waals surface area (Å²) in [4.78, 5) is 18.8. The molecular formula is C16H19N5O2S. The van der Waals surface area contributed by atoms with Gasteiger partial charge in [0.05, 0.1) is 18.5 Å². The molecule has 0 radical (unpaired) electrons. The van der Waals surface area contributed by atoms with Crippen molar-refractivity contribution in [2.24, 2.45) is 7.05 Å². The van der Waals surface area contributed by atoms with Crippen LogP contribution in [0.5, 0.6) is 0 Å². The van der Waals surface area contributed by atoms with Gasteiger partial charge in [-0.2, -0.15) is 5.10 Å². The van der Waals surface area contributed by atoms with E-state index >= 15 is 0 Å². The lowest BCUT2D eigenvalue weighted by Crippen LogP contribution is -2.34. The van der Waals surface area contributed by atoms with Crippen molar-refractivity contribution in [2.75, 3.05) is 20.6 Å². The second-order valence-corrected chi connectivity index (χ2v) is 6.50. The summed E-state index contributed by atoms with van der Waals surface area (Å²) in [5.74, 6) is 0.620. The van der Waals surface area contributed by atoms with Crippen molar-refractivity contribution in [3.63, 3.8) is 0 Å². The normalized spacial score (nSPS) is 12.5. The van der Waals surface area contributed by atoms with Crippen LogP contribution >= 0.6 is 11.3 Å². The topological polar surface area (TPSA) is 76.2 Å². The van der Waals surface area contributed by atoms with Gasteiger partial charge in [0.25, 0.3) is 5.91 Å². The highest BCUT2D eigenvalue weighted by atomic mass is 32.1. The molecule has 1 N–H and O–H groups in total. The maximum atomic E-state index is 12.4. The number of carbonyl (C=O) groups is 1. The predicted octanol–water partition coefficient (Wildman–Crippen LogP) is 2.17. The molecule has 8 heteroatoms. The van der Waals surface area contributed by atoms with Crippen molar-refractivity contribution in [1.82, 2.24) is 25.0 Å². The van der Waals surface area contributed by atoms with Crippen LogP contribution in [0.2, 0.25) is 0 Å². The van der Waals surface area contributed by atoms with E-state index in [4.69, 9.17) is 4.42 Å². The first kappa shape index (κ1) is 16.4. The monoisotopic (exact) mass is 345 g/mol. The van der Waals surface area contributed by atoms with E-state index in [2.05, 4.69) is 15.4 Å². The molecule has 1 amide bonds. The third-order valence-electron chi connectivity index (χ3n) is 3.64. The number of hydrogen-bond donors (Lipinski definition) is 1. The van der Waals surface area contributed by atoms with Gasteiger partial charge in [-0.15, -0.1) is 11.3 Å². The molecule has 0 aromatic carbocycles. The van der Waals surface area contributed by atoms with Crippen LogP contribution in [0.3, 0.4) is 0 Å². The van der Waals surface area contributed by atoms with Crippen LogP contribution in [0.25, 0.3) is 10.6 Å². The lowest BCUT2D eigenvalue weighted by Gasteiger charge is -2.22. The van der Waals surface area contributed by atoms with Crippen molar-refractivity contribution >= 4 is 17.2 Å². The fourth-order valence-corrected chi connectivity index (χ4v) is 3.12. The molecule has 0 spiro atoms. The number of nitrogens with zero attached hydrogens (tertiary/aromatic N) is 4. The Kier molecular flexibility index (Phi) is 4.77. The van der Waals surface area contributed by atoms with Gasteiger partial charge >= 0.3 is 0 Å². The number of aromatic nitrogens is 3. The molecule has 0 fully saturated rings. The highest BCUT2D eigenvalue weighted by molar-refractivity contribution is 7.13. The first-order valence-electron chi connectivity index (χ1n) is 7.47. The quantitative estimate of drug-likeness (QED) is 0.741. The van der Waals surface area contributed by atoms with Gasteiger partial charge in [-0.05, 0) is 26.2 Å². The molecule has 0 bridgehead atoms. The van der Waals surface area contributed by atoms with Crippen molar-refractivity contribution < 1.29 is 9.21 Å². The zero-order valence-electron chi connectivity index (χ0n) is 13.8. The van der Waals surface area contributed by atoms with Gasteiger partial charge in [0.15, 0.2) is 0 Å². The molecular weight excluding hydrogens is 326 g/mol. The molecule has 126 valence electrons. The first-order chi connectivity index (χ1) is 11.5. The Morgan fingerprint density at radius 3 is 2.96 bits per heavy atom. The molecule has 1 atom stereocenters. The molecule has 3 aromatic rings. The maximum Gasteiger partial charge on any atom is 0.270 e. The molecule has 3 rings (SSSR count). The van der Waals surface area contributed by atoms with E-state index in [0.29, 0.717) is 12.2 Å². The molecule has 3 heterocycles. The molecule has 0 unspecified atom stereocenters. The van der Waals surface area contributed by atoms with E-state index < -0.39 is 0 Å². The van der Waals surface area contributed by atoms with Crippen molar-refractivity contribution in [1.29, 1.82) is 0 Å². The van der Waals surface area contributed by atoms with Gasteiger partial charge in [-0.3, -0.25) is 14.4 Å². The standard InChI is InChI=1S/C16H19N5O2S/c1-20(2)13(14-5-4-6-23-14)8-17-15(22)12-10-24-16(19-12)11-7-18-21(3)9-11/h4-7,9-10,13H,8H2,1-3H3,(H,17,22)/t13-/m1/s1. The zero-order valence-corrected chi connectivity index (χ0v) is 14.6. The second-order valence-electron chi connectivity index (χ2n) is 5.65. The van der Waals surface area contributed by atoms with Gasteiger partial charge in [0.1, 0.15) is 16.5 Å². The second kappa shape index (κ2) is 6.98. The van der Waals surface area contributed by atoms with Gasteiger partial charge < -0.3 is 9.73 Å². The lowest BCUT2D eigenvalue weighted by atomic mass is 10.2. The summed E-state index contributed by atoms with van der Waals surface area (Å²) in [5.41, 5.74) is 1.32. The largest absolute Gasteiger partial charge is 0.468 e. The number of hydrogen-bond acceptors (Lipinski definition) is 6. The van der Waals surface area contributed by atoms with E-state index in [1.807, 2.05) is 44.4 Å². The van der Waals surface area contributed by atoms with Crippen LogP contribution < -0.4 is 5.32 Å². The predicted molar refractivity (Wildman–Crippen MR) is 91.8 cm³/mol. The van der Waals surface area contributed by atoms with Crippen LogP contribution in [-0.2, 0) is 7.05 Å². The number of rotatable bonds is 6. The summed E-state index contributed by atoms with van der Waals surface area (Å²) in [5, 5.41) is 9.58. The van der Waals surface area contributed by atoms with Gasteiger partial charge in [-0.25, -0.2) is 4.98 Å². The van der Waals surface area contributed by atoms with E-state index in [9.17, 15) is 4.79 Å². The fourth-order valence-electron chi connectivity index (χ4n) is 2.34. The number of furan rings is 1. The smallest absolute Gasteiger partial charge is 0.270 e. The lowest BCUT2D eigenvalue weighted by molar-refractivity contribution is 0.0935. The van der Waals surface area contributed by atoms with Crippen molar-refractivity contribution in [2.45, 2.75) is 6.04 Å². The molecule has 3 aromatic heterocycles. The molecule has 7 nitrogen and oxygen atoms in total. The van der Waals surface area contributed by atoms with Crippen LogP contribution in [0, 0.1) is 0 Å². The summed E-state index contributed by atoms with van der Waals surface area (Å²) in [7, 11) is 5.74. The van der Waals surface area contributed by atoms with Crippen molar-refractivity contribution in [3.05, 3.63) is 47.6 Å². The SMILES string of the molecule is CN(C)[C@H](CNC(=O)c1csc(-c2cnn(C)c2)n1)c1ccco1. The van der Waals surface area contributed by atoms with Crippen LogP contribution in [-0.4, -0.2) is 46.2 Å². The van der Waals surface area contributed by atoms with Crippen molar-refractivity contribution in [3.8, 4) is 10.6 Å². The molecule has 0 saturated heterocycles. The number of thiazole rings is 1. The number of likely N-dealkylation sites (N-methyl/N-ethyl adjacent to an activating group) is 1. The van der Waals surface area contributed by atoms with Gasteiger partial charge in [0.2, 0.25) is 0 Å². The highest BCUT2D eigenvalue weighted by Gasteiger charge is 2.19. The number of amides is 1. The summed E-state index contributed by atoms with van der Waals surface area (Å²) >= 11 is 1.43. The highest BCUT2D eigenvalue weighted by Crippen LogP contribution is 2.23. The summed E-state index contributed by atoms with van der Waals surface area (Å²) in [6.45, 7) is 0.444. The Morgan fingerprint density at radius 1 is 1.50 bits per heavy atom. The Balaban J connectivity index is 1.66. The molecule has 0 saturated carbocycles. The molecule has 24 heavy (non-hydrogen) atoms. The van der Waals surface area contributed by atoms with E-state index in [1.54, 1.807) is 22.5 Å². The van der Waals surface area contributed by atoms with E-state index in [0.717, 1.165) is 16.3 Å². The maximum absolute atomic E-state index is 12.4. The van der Waals surface area contributed by atoms with Gasteiger partial charge in [0, 0.05) is 30.7 Å². The molecule has 0 aliphatic rings. The summed E-state index contributed by atoms with van der Waals surface area (Å²) < 4.78 is 7.15. The third-order valence-corrected chi connectivity index (χ3v) is 4.53. The minimum absolute atomic E-state index is 0.0274. The van der Waals surface area contributed by atoms with Crippen LogP contribution in [0.4, 0.5) is 0 Å². The number of aryl methyl sites for hydroxylation is 1. The zero-order chi connectivity index (χ0) is 17.1. The summed E-state index contributed by atoms with van der Waals surface area (Å²) in [6.07, 6.45) is 5.24. The summed E-state index contributed by atoms with van der Waals surface area (Å²) in [6, 6.07) is 3.72. The van der Waals surface area contributed by atoms with E-state index in [1.165, 1.54) is 11.3 Å². The third kappa shape index (κ3) is 3.55. The number of carbonyl (C=O) groups excluding carboxylic acids is 1. The number of nitrogens with one attached hydrogen (secondary N) is 1. The van der Waals surface area contributed by atoms with Gasteiger partial charge in [-0.1, -0.05) is 0 Å². The average molecular weight is 345 g/mol. The molecule has 0 aliphatic heterocycles. The van der Waals surface area contributed by atoms with E-state index in [-0.39, 0.29) is 11.9 Å². The Morgan fingerprint density at radius 2 is 2.33 bits per heavy atom. The Hall–Kier alpha value is -2.45. The minimum Gasteiger partial charge on any atom is -0.468 e. The Labute approximate surface area is 143 Å². The molecule has 0 aliphatic carbocycles. The minimum atomic E-state index is -0.195. The van der Waals surface area contributed by atoms with Crippen LogP contribution in [0.1, 0.15) is 22.3 Å². The van der Waals surface area contributed by atoms with Crippen LogP contribution in [0.15, 0.2) is 40.6 Å². The fraction of sp³-hybridized carbons (Fsp3) is 0.312.